The van der Waals surface area contributed by atoms with E-state index in [1.54, 1.807) is 6.20 Å². The minimum atomic E-state index is 0.0491. The molecule has 2 fully saturated rings. The smallest absolute Gasteiger partial charge is 0.0835 e. The van der Waals surface area contributed by atoms with Gasteiger partial charge in [0.25, 0.3) is 0 Å². The summed E-state index contributed by atoms with van der Waals surface area (Å²) >= 11 is 6.45. The molecule has 2 aliphatic rings. The van der Waals surface area contributed by atoms with Gasteiger partial charge >= 0.3 is 0 Å². The Morgan fingerprint density at radius 1 is 1.33 bits per heavy atom. The topological polar surface area (TPSA) is 59.1 Å². The van der Waals surface area contributed by atoms with Crippen LogP contribution < -0.4 is 11.3 Å². The average Bonchev–Trinajstić information content (AvgIpc) is 3.21. The number of hydrogen-bond acceptors (Lipinski definition) is 4. The van der Waals surface area contributed by atoms with E-state index < -0.39 is 0 Å². The van der Waals surface area contributed by atoms with Crippen molar-refractivity contribution in [1.29, 1.82) is 0 Å². The zero-order chi connectivity index (χ0) is 14.9. The summed E-state index contributed by atoms with van der Waals surface area (Å²) in [4.78, 5) is 2.65. The molecule has 0 aromatic carbocycles. The molecule has 1 aromatic rings. The highest BCUT2D eigenvalue weighted by Crippen LogP contribution is 2.46. The quantitative estimate of drug-likeness (QED) is 0.648. The number of likely N-dealkylation sites (tertiary alicyclic amines) is 1. The predicted molar refractivity (Wildman–Crippen MR) is 85.0 cm³/mol. The van der Waals surface area contributed by atoms with E-state index in [0.29, 0.717) is 0 Å². The summed E-state index contributed by atoms with van der Waals surface area (Å²) < 4.78 is 1.99. The van der Waals surface area contributed by atoms with Crippen molar-refractivity contribution in [1.82, 2.24) is 20.1 Å². The molecule has 0 bridgehead atoms. The zero-order valence-electron chi connectivity index (χ0n) is 12.8. The Balaban J connectivity index is 2.01. The number of nitrogens with one attached hydrogen (secondary N) is 1. The molecule has 2 heterocycles. The van der Waals surface area contributed by atoms with Crippen LogP contribution in [0.15, 0.2) is 6.20 Å². The van der Waals surface area contributed by atoms with Gasteiger partial charge in [0.05, 0.1) is 23.0 Å². The lowest BCUT2D eigenvalue weighted by molar-refractivity contribution is 0.0728. The third kappa shape index (κ3) is 2.50. The molecule has 118 valence electrons. The summed E-state index contributed by atoms with van der Waals surface area (Å²) in [7, 11) is 0. The van der Waals surface area contributed by atoms with Gasteiger partial charge in [-0.15, -0.1) is 0 Å². The van der Waals surface area contributed by atoms with Crippen LogP contribution >= 0.6 is 11.6 Å². The average molecular weight is 312 g/mol. The third-order valence-electron chi connectivity index (χ3n) is 5.32. The van der Waals surface area contributed by atoms with Crippen LogP contribution in [0.25, 0.3) is 0 Å². The summed E-state index contributed by atoms with van der Waals surface area (Å²) in [6, 6.07) is 0.0491. The fraction of sp³-hybridized carbons (Fsp3) is 0.800. The molecule has 3 N–H and O–H groups in total. The monoisotopic (exact) mass is 311 g/mol. The first-order chi connectivity index (χ1) is 10.2. The Morgan fingerprint density at radius 2 is 2.00 bits per heavy atom. The summed E-state index contributed by atoms with van der Waals surface area (Å²) in [5.74, 6) is 6.01. The zero-order valence-corrected chi connectivity index (χ0v) is 13.6. The number of halogens is 1. The standard InChI is InChI=1S/C15H26ClN5/c1-2-21-13(12(16)11-18-21)14(19-17)15(7-3-4-8-15)20-9-5-6-10-20/h11,14,19H,2-10,17H2,1H3. The van der Waals surface area contributed by atoms with Gasteiger partial charge in [-0.3, -0.25) is 15.4 Å². The Labute approximate surface area is 131 Å². The first-order valence-corrected chi connectivity index (χ1v) is 8.53. The van der Waals surface area contributed by atoms with Crippen LogP contribution in [0.4, 0.5) is 0 Å². The molecule has 0 radical (unpaired) electrons. The normalized spacial score (nSPS) is 23.8. The second-order valence-corrected chi connectivity index (χ2v) is 6.71. The van der Waals surface area contributed by atoms with Crippen molar-refractivity contribution < 1.29 is 0 Å². The van der Waals surface area contributed by atoms with Crippen LogP contribution in [-0.4, -0.2) is 33.3 Å². The molecule has 0 amide bonds. The molecular formula is C15H26ClN5. The van der Waals surface area contributed by atoms with Crippen molar-refractivity contribution in [3.63, 3.8) is 0 Å². The highest BCUT2D eigenvalue weighted by atomic mass is 35.5. The van der Waals surface area contributed by atoms with E-state index in [2.05, 4.69) is 22.3 Å². The van der Waals surface area contributed by atoms with E-state index in [0.717, 1.165) is 17.3 Å². The highest BCUT2D eigenvalue weighted by Gasteiger charge is 2.48. The molecular weight excluding hydrogens is 286 g/mol. The van der Waals surface area contributed by atoms with Gasteiger partial charge in [0.2, 0.25) is 0 Å². The molecule has 5 nitrogen and oxygen atoms in total. The molecule has 6 heteroatoms. The number of aryl methyl sites for hydroxylation is 1. The summed E-state index contributed by atoms with van der Waals surface area (Å²) in [5.41, 5.74) is 4.24. The van der Waals surface area contributed by atoms with Gasteiger partial charge in [0.15, 0.2) is 0 Å². The number of nitrogens with zero attached hydrogens (tertiary/aromatic N) is 3. The summed E-state index contributed by atoms with van der Waals surface area (Å²) in [6.07, 6.45) is 9.25. The van der Waals surface area contributed by atoms with Crippen LogP contribution in [-0.2, 0) is 6.54 Å². The van der Waals surface area contributed by atoms with Crippen molar-refractivity contribution >= 4 is 11.6 Å². The van der Waals surface area contributed by atoms with Crippen molar-refractivity contribution in [2.45, 2.75) is 63.6 Å². The number of rotatable bonds is 5. The predicted octanol–water partition coefficient (Wildman–Crippen LogP) is 2.47. The van der Waals surface area contributed by atoms with Gasteiger partial charge in [0.1, 0.15) is 0 Å². The van der Waals surface area contributed by atoms with Crippen molar-refractivity contribution in [2.24, 2.45) is 5.84 Å². The van der Waals surface area contributed by atoms with Gasteiger partial charge in [0, 0.05) is 12.1 Å². The van der Waals surface area contributed by atoms with E-state index in [9.17, 15) is 0 Å². The summed E-state index contributed by atoms with van der Waals surface area (Å²) in [5, 5.41) is 5.13. The number of aromatic nitrogens is 2. The van der Waals surface area contributed by atoms with Gasteiger partial charge in [-0.2, -0.15) is 5.10 Å². The minimum absolute atomic E-state index is 0.0491. The Kier molecular flexibility index (Phi) is 4.54. The van der Waals surface area contributed by atoms with E-state index in [1.807, 2.05) is 4.68 Å². The molecule has 3 rings (SSSR count). The van der Waals surface area contributed by atoms with Gasteiger partial charge in [-0.1, -0.05) is 24.4 Å². The molecule has 1 atom stereocenters. The van der Waals surface area contributed by atoms with Crippen molar-refractivity contribution in [3.05, 3.63) is 16.9 Å². The van der Waals surface area contributed by atoms with E-state index in [1.165, 1.54) is 51.6 Å². The molecule has 1 unspecified atom stereocenters. The first kappa shape index (κ1) is 15.3. The van der Waals surface area contributed by atoms with Crippen LogP contribution in [0.3, 0.4) is 0 Å². The maximum absolute atomic E-state index is 6.45. The van der Waals surface area contributed by atoms with E-state index in [4.69, 9.17) is 17.4 Å². The lowest BCUT2D eigenvalue weighted by Gasteiger charge is -2.45. The van der Waals surface area contributed by atoms with E-state index >= 15 is 0 Å². The molecule has 1 saturated heterocycles. The fourth-order valence-electron chi connectivity index (χ4n) is 4.34. The molecule has 1 aliphatic carbocycles. The molecule has 1 aromatic heterocycles. The molecule has 1 saturated carbocycles. The van der Waals surface area contributed by atoms with Crippen LogP contribution in [0.5, 0.6) is 0 Å². The first-order valence-electron chi connectivity index (χ1n) is 8.15. The fourth-order valence-corrected chi connectivity index (χ4v) is 4.59. The Morgan fingerprint density at radius 3 is 2.57 bits per heavy atom. The number of hydrogen-bond donors (Lipinski definition) is 2. The van der Waals surface area contributed by atoms with Crippen LogP contribution in [0, 0.1) is 0 Å². The third-order valence-corrected chi connectivity index (χ3v) is 5.61. The largest absolute Gasteiger partial charge is 0.296 e. The maximum atomic E-state index is 6.45. The Bertz CT molecular complexity index is 474. The van der Waals surface area contributed by atoms with Gasteiger partial charge in [-0.25, -0.2) is 5.43 Å². The van der Waals surface area contributed by atoms with Gasteiger partial charge < -0.3 is 0 Å². The molecule has 1 aliphatic heterocycles. The lowest BCUT2D eigenvalue weighted by Crippen LogP contribution is -2.56. The van der Waals surface area contributed by atoms with Gasteiger partial charge in [-0.05, 0) is 45.7 Å². The second-order valence-electron chi connectivity index (χ2n) is 6.30. The van der Waals surface area contributed by atoms with E-state index in [-0.39, 0.29) is 11.6 Å². The van der Waals surface area contributed by atoms with Crippen LogP contribution in [0.1, 0.15) is 57.2 Å². The highest BCUT2D eigenvalue weighted by molar-refractivity contribution is 6.31. The minimum Gasteiger partial charge on any atom is -0.296 e. The maximum Gasteiger partial charge on any atom is 0.0835 e. The van der Waals surface area contributed by atoms with Crippen molar-refractivity contribution in [2.75, 3.05) is 13.1 Å². The lowest BCUT2D eigenvalue weighted by atomic mass is 9.84. The molecule has 0 spiro atoms. The number of hydrazine groups is 1. The SMILES string of the molecule is CCn1ncc(Cl)c1C(NN)C1(N2CCCC2)CCCC1. The van der Waals surface area contributed by atoms with Crippen LogP contribution in [0.2, 0.25) is 5.02 Å². The second kappa shape index (κ2) is 6.24. The summed E-state index contributed by atoms with van der Waals surface area (Å²) in [6.45, 7) is 5.26. The number of nitrogens with two attached hydrogens (primary N) is 1. The molecule has 21 heavy (non-hydrogen) atoms. The Hall–Kier alpha value is -0.620. The van der Waals surface area contributed by atoms with Crippen molar-refractivity contribution in [3.8, 4) is 0 Å².